The Balaban J connectivity index is 1.69. The van der Waals surface area contributed by atoms with Gasteiger partial charge in [0.2, 0.25) is 0 Å². The highest BCUT2D eigenvalue weighted by Crippen LogP contribution is 2.52. The normalized spacial score (nSPS) is 17.5. The number of halogens is 2. The maximum Gasteiger partial charge on any atom is 0.252 e. The molecule has 0 heterocycles. The van der Waals surface area contributed by atoms with Crippen LogP contribution in [0.25, 0.3) is 11.1 Å². The van der Waals surface area contributed by atoms with E-state index in [2.05, 4.69) is 0 Å². The van der Waals surface area contributed by atoms with Crippen molar-refractivity contribution in [2.75, 3.05) is 0 Å². The van der Waals surface area contributed by atoms with Crippen molar-refractivity contribution in [3.63, 3.8) is 0 Å². The van der Waals surface area contributed by atoms with Crippen LogP contribution in [0.1, 0.15) is 65.2 Å². The lowest BCUT2D eigenvalue weighted by molar-refractivity contribution is 0.107. The molecule has 130 valence electrons. The van der Waals surface area contributed by atoms with Gasteiger partial charge < -0.3 is 0 Å². The lowest BCUT2D eigenvalue weighted by Gasteiger charge is -2.40. The van der Waals surface area contributed by atoms with Crippen LogP contribution in [0.5, 0.6) is 0 Å². The van der Waals surface area contributed by atoms with E-state index in [4.69, 9.17) is 23.2 Å². The average Bonchev–Trinajstić information content (AvgIpc) is 2.45. The van der Waals surface area contributed by atoms with Crippen LogP contribution < -0.4 is 0 Å². The van der Waals surface area contributed by atoms with Gasteiger partial charge in [-0.05, 0) is 130 Å². The third-order valence-electron chi connectivity index (χ3n) is 7.01. The molecule has 0 N–H and O–H groups in total. The maximum atomic E-state index is 12.0. The van der Waals surface area contributed by atoms with E-state index in [1.807, 2.05) is 0 Å². The van der Waals surface area contributed by atoms with E-state index in [1.54, 1.807) is 0 Å². The number of rotatable bonds is 3. The first kappa shape index (κ1) is 15.4. The lowest BCUT2D eigenvalue weighted by Crippen LogP contribution is -2.29. The van der Waals surface area contributed by atoms with Gasteiger partial charge in [0, 0.05) is 11.1 Å². The van der Waals surface area contributed by atoms with E-state index in [9.17, 15) is 9.59 Å². The van der Waals surface area contributed by atoms with E-state index in [0.717, 1.165) is 62.5 Å². The summed E-state index contributed by atoms with van der Waals surface area (Å²) >= 11 is 11.8. The van der Waals surface area contributed by atoms with Gasteiger partial charge in [0.05, 0.1) is 0 Å². The summed E-state index contributed by atoms with van der Waals surface area (Å²) in [4.78, 5) is 24.0. The Bertz CT molecular complexity index is 941. The Morgan fingerprint density at radius 3 is 0.846 bits per heavy atom. The van der Waals surface area contributed by atoms with Crippen molar-refractivity contribution in [1.29, 1.82) is 0 Å². The van der Waals surface area contributed by atoms with Crippen molar-refractivity contribution < 1.29 is 9.59 Å². The molecule has 0 fully saturated rings. The molecule has 0 atom stereocenters. The predicted molar refractivity (Wildman–Crippen MR) is 102 cm³/mol. The van der Waals surface area contributed by atoms with Crippen LogP contribution >= 0.6 is 23.2 Å². The number of hydrogen-bond acceptors (Lipinski definition) is 2. The zero-order valence-electron chi connectivity index (χ0n) is 14.2. The first-order valence-corrected chi connectivity index (χ1v) is 10.1. The molecule has 2 aromatic carbocycles. The Morgan fingerprint density at radius 2 is 0.692 bits per heavy atom. The highest BCUT2D eigenvalue weighted by atomic mass is 35.5. The predicted octanol–water partition coefficient (Wildman–Crippen LogP) is 4.51. The fraction of sp³-hybridized carbons (Fsp3) is 0.364. The Labute approximate surface area is 161 Å². The number of carbonyl (C=O) groups excluding carboxylic acids is 2. The molecule has 0 amide bonds. The molecule has 2 aromatic rings. The van der Waals surface area contributed by atoms with Crippen molar-refractivity contribution in [1.82, 2.24) is 0 Å². The summed E-state index contributed by atoms with van der Waals surface area (Å²) in [6, 6.07) is 0. The smallest absolute Gasteiger partial charge is 0.252 e. The number of carbonyl (C=O) groups is 2. The molecule has 2 nitrogen and oxygen atoms in total. The second-order valence-electron chi connectivity index (χ2n) is 7.88. The summed E-state index contributed by atoms with van der Waals surface area (Å²) in [5.41, 5.74) is 14.4. The van der Waals surface area contributed by atoms with Crippen LogP contribution in [-0.2, 0) is 51.4 Å². The van der Waals surface area contributed by atoms with Crippen LogP contribution in [-0.4, -0.2) is 10.5 Å². The maximum absolute atomic E-state index is 12.0. The van der Waals surface area contributed by atoms with Gasteiger partial charge in [-0.2, -0.15) is 0 Å². The number of benzene rings is 2. The summed E-state index contributed by atoms with van der Waals surface area (Å²) in [6.07, 6.45) is 7.89. The number of hydrogen-bond donors (Lipinski definition) is 0. The molecule has 0 aliphatic heterocycles. The van der Waals surface area contributed by atoms with Gasteiger partial charge in [0.1, 0.15) is 0 Å². The standard InChI is InChI=1S/C22H16Cl2O2/c23-21(25)19-13-5-1-9(13)17(10-2-6-14(10)19)18-11-3-7-15(11)20(22(24)26)16-8-4-12(16)18/h1-8H2. The van der Waals surface area contributed by atoms with E-state index in [1.165, 1.54) is 55.6 Å². The molecule has 4 aliphatic carbocycles. The van der Waals surface area contributed by atoms with Crippen LogP contribution in [0.15, 0.2) is 0 Å². The van der Waals surface area contributed by atoms with Crippen LogP contribution in [0.3, 0.4) is 0 Å². The zero-order valence-corrected chi connectivity index (χ0v) is 15.7. The lowest BCUT2D eigenvalue weighted by atomic mass is 9.63. The molecule has 0 saturated heterocycles. The van der Waals surface area contributed by atoms with Gasteiger partial charge in [-0.15, -0.1) is 0 Å². The second kappa shape index (κ2) is 4.99. The second-order valence-corrected chi connectivity index (χ2v) is 8.56. The molecule has 0 spiro atoms. The van der Waals surface area contributed by atoms with Crippen molar-refractivity contribution >= 4 is 33.7 Å². The van der Waals surface area contributed by atoms with Crippen LogP contribution in [0.4, 0.5) is 0 Å². The van der Waals surface area contributed by atoms with E-state index < -0.39 is 0 Å². The monoisotopic (exact) mass is 382 g/mol. The van der Waals surface area contributed by atoms with Gasteiger partial charge >= 0.3 is 0 Å². The topological polar surface area (TPSA) is 34.1 Å². The minimum absolute atomic E-state index is 0.299. The highest BCUT2D eigenvalue weighted by Gasteiger charge is 2.40. The summed E-state index contributed by atoms with van der Waals surface area (Å²) in [6.45, 7) is 0. The zero-order chi connectivity index (χ0) is 17.7. The number of fused-ring (bicyclic) bond motifs is 4. The van der Waals surface area contributed by atoms with E-state index >= 15 is 0 Å². The molecule has 4 aliphatic rings. The fourth-order valence-electron chi connectivity index (χ4n) is 5.51. The quantitative estimate of drug-likeness (QED) is 0.732. The van der Waals surface area contributed by atoms with Crippen molar-refractivity contribution in [2.24, 2.45) is 0 Å². The molecule has 26 heavy (non-hydrogen) atoms. The first-order valence-electron chi connectivity index (χ1n) is 9.36. The molecule has 6 rings (SSSR count). The van der Waals surface area contributed by atoms with E-state index in [-0.39, 0.29) is 10.5 Å². The molecule has 0 radical (unpaired) electrons. The van der Waals surface area contributed by atoms with Crippen molar-refractivity contribution in [2.45, 2.75) is 51.4 Å². The fourth-order valence-corrected chi connectivity index (χ4v) is 5.97. The molecular weight excluding hydrogens is 367 g/mol. The third kappa shape index (κ3) is 1.66. The average molecular weight is 383 g/mol. The highest BCUT2D eigenvalue weighted by molar-refractivity contribution is 6.68. The summed E-state index contributed by atoms with van der Waals surface area (Å²) in [7, 11) is 0. The van der Waals surface area contributed by atoms with Gasteiger partial charge in [0.15, 0.2) is 0 Å². The summed E-state index contributed by atoms with van der Waals surface area (Å²) in [5.74, 6) is 0. The molecule has 0 bridgehead atoms. The molecule has 4 heteroatoms. The SMILES string of the molecule is O=C(Cl)c1c2c(c(-c3c4c(c(C(=O)Cl)c5c3CC5)CC4)c3c1CC3)CC2. The van der Waals surface area contributed by atoms with Gasteiger partial charge in [-0.3, -0.25) is 9.59 Å². The van der Waals surface area contributed by atoms with Crippen molar-refractivity contribution in [3.05, 3.63) is 55.6 Å². The van der Waals surface area contributed by atoms with Crippen molar-refractivity contribution in [3.8, 4) is 11.1 Å². The minimum Gasteiger partial charge on any atom is -0.276 e. The largest absolute Gasteiger partial charge is 0.276 e. The minimum atomic E-state index is -0.299. The Kier molecular flexibility index (Phi) is 2.96. The van der Waals surface area contributed by atoms with Gasteiger partial charge in [0.25, 0.3) is 10.5 Å². The summed E-state index contributed by atoms with van der Waals surface area (Å²) in [5, 5.41) is -0.597. The third-order valence-corrected chi connectivity index (χ3v) is 7.39. The molecule has 0 unspecified atom stereocenters. The van der Waals surface area contributed by atoms with Gasteiger partial charge in [-0.25, -0.2) is 0 Å². The van der Waals surface area contributed by atoms with Gasteiger partial charge in [-0.1, -0.05) is 0 Å². The Morgan fingerprint density at radius 1 is 0.462 bits per heavy atom. The van der Waals surface area contributed by atoms with E-state index in [0.29, 0.717) is 0 Å². The molecular formula is C22H16Cl2O2. The van der Waals surface area contributed by atoms with Crippen LogP contribution in [0.2, 0.25) is 0 Å². The van der Waals surface area contributed by atoms with Crippen LogP contribution in [0, 0.1) is 0 Å². The first-order chi connectivity index (χ1) is 12.6. The molecule has 0 aromatic heterocycles. The summed E-state index contributed by atoms with van der Waals surface area (Å²) < 4.78 is 0. The molecule has 0 saturated carbocycles. The Hall–Kier alpha value is -1.64.